The third-order valence-corrected chi connectivity index (χ3v) is 12.6. The molecule has 3 rings (SSSR count). The first kappa shape index (κ1) is 58.5. The Bertz CT molecular complexity index is 2040. The summed E-state index contributed by atoms with van der Waals surface area (Å²) in [6.45, 7) is 1.19. The minimum Gasteiger partial charge on any atom is -0.507 e. The topological polar surface area (TPSA) is 313 Å². The van der Waals surface area contributed by atoms with Crippen molar-refractivity contribution in [1.82, 2.24) is 36.4 Å². The van der Waals surface area contributed by atoms with Crippen LogP contribution >= 0.6 is 0 Å². The molecule has 6 atom stereocenters. The fourth-order valence-corrected chi connectivity index (χ4v) is 8.17. The summed E-state index contributed by atoms with van der Waals surface area (Å²) in [5, 5.41) is 63.2. The fourth-order valence-electron chi connectivity index (χ4n) is 8.17. The zero-order valence-electron chi connectivity index (χ0n) is 41.3. The van der Waals surface area contributed by atoms with Crippen LogP contribution in [0.2, 0.25) is 0 Å². The first-order chi connectivity index (χ1) is 33.4. The average Bonchev–Trinajstić information content (AvgIpc) is 3.33. The number of nitrogens with two attached hydrogens (primary N) is 1. The molecule has 0 aliphatic carbocycles. The maximum atomic E-state index is 14.2. The van der Waals surface area contributed by atoms with Crippen LogP contribution in [-0.2, 0) is 40.0 Å². The molecule has 0 radical (unpaired) electrons. The van der Waals surface area contributed by atoms with Crippen LogP contribution in [0, 0.1) is 0 Å². The van der Waals surface area contributed by atoms with Crippen molar-refractivity contribution >= 4 is 41.4 Å². The SMILES string of the molecule is CCCCCCCCCCCCCCCC(=O)N(C)[C@H](CO)C(=O)N[C@H](N)C(=O)NCC(=O)N(C)[C@@H]1C(=O)N[C@@H](C)C(=O)N[C@H](C(=O)NCC(O)CO)CCCc2ccc(O)c(c2)-c2cc1ccc2O. The largest absolute Gasteiger partial charge is 0.507 e. The molecular formula is C50H78N8O12. The summed E-state index contributed by atoms with van der Waals surface area (Å²) in [5.41, 5.74) is 7.11. The molecule has 1 unspecified atom stereocenters. The molecule has 70 heavy (non-hydrogen) atoms. The second-order valence-electron chi connectivity index (χ2n) is 18.2. The van der Waals surface area contributed by atoms with E-state index in [1.54, 1.807) is 12.1 Å². The molecule has 0 spiro atoms. The number of aliphatic hydroxyl groups is 3. The lowest BCUT2D eigenvalue weighted by molar-refractivity contribution is -0.142. The van der Waals surface area contributed by atoms with Gasteiger partial charge in [0.1, 0.15) is 35.7 Å². The summed E-state index contributed by atoms with van der Waals surface area (Å²) in [5.74, 6) is -5.87. The third kappa shape index (κ3) is 18.8. The second kappa shape index (κ2) is 30.7. The van der Waals surface area contributed by atoms with Gasteiger partial charge in [0, 0.05) is 38.2 Å². The number of nitrogens with zero attached hydrogens (tertiary/aromatic N) is 2. The number of carbonyl (C=O) groups excluding carboxylic acids is 7. The van der Waals surface area contributed by atoms with Crippen LogP contribution in [0.25, 0.3) is 11.1 Å². The highest BCUT2D eigenvalue weighted by Crippen LogP contribution is 2.38. The maximum absolute atomic E-state index is 14.2. The number of carbonyl (C=O) groups is 7. The summed E-state index contributed by atoms with van der Waals surface area (Å²) in [6.07, 6.45) is 13.0. The van der Waals surface area contributed by atoms with Gasteiger partial charge in [0.15, 0.2) is 6.17 Å². The van der Waals surface area contributed by atoms with E-state index in [1.807, 2.05) is 0 Å². The summed E-state index contributed by atoms with van der Waals surface area (Å²) in [4.78, 5) is 95.9. The number of hydrogen-bond acceptors (Lipinski definition) is 13. The number of hydrogen-bond donors (Lipinski definition) is 11. The van der Waals surface area contributed by atoms with E-state index < -0.39 is 91.6 Å². The van der Waals surface area contributed by atoms with Crippen molar-refractivity contribution in [2.24, 2.45) is 5.73 Å². The average molecular weight is 983 g/mol. The number of nitrogens with one attached hydrogen (secondary N) is 5. The minimum atomic E-state index is -1.72. The Morgan fingerprint density at radius 2 is 1.34 bits per heavy atom. The van der Waals surface area contributed by atoms with Gasteiger partial charge in [-0.05, 0) is 68.0 Å². The van der Waals surface area contributed by atoms with Crippen LogP contribution in [-0.4, -0.2) is 147 Å². The second-order valence-corrected chi connectivity index (χ2v) is 18.2. The summed E-state index contributed by atoms with van der Waals surface area (Å²) in [6, 6.07) is 3.46. The molecule has 20 heteroatoms. The molecule has 0 fully saturated rings. The number of likely N-dealkylation sites (N-methyl/N-ethyl adjacent to an activating group) is 2. The molecule has 1 heterocycles. The first-order valence-electron chi connectivity index (χ1n) is 24.7. The van der Waals surface area contributed by atoms with Crippen LogP contribution in [0.4, 0.5) is 0 Å². The number of fused-ring (bicyclic) bond motifs is 5. The van der Waals surface area contributed by atoms with Gasteiger partial charge in [0.25, 0.3) is 5.91 Å². The zero-order valence-corrected chi connectivity index (χ0v) is 41.3. The Morgan fingerprint density at radius 3 is 1.94 bits per heavy atom. The molecule has 7 amide bonds. The normalized spacial score (nSPS) is 17.5. The lowest BCUT2D eigenvalue weighted by atomic mass is 9.94. The zero-order chi connectivity index (χ0) is 51.8. The number of phenols is 2. The fraction of sp³-hybridized carbons (Fsp3) is 0.620. The molecule has 0 aromatic heterocycles. The molecule has 20 nitrogen and oxygen atoms in total. The Balaban J connectivity index is 1.67. The minimum absolute atomic E-state index is 0.108. The van der Waals surface area contributed by atoms with E-state index in [-0.39, 0.29) is 53.5 Å². The van der Waals surface area contributed by atoms with E-state index >= 15 is 0 Å². The Labute approximate surface area is 411 Å². The van der Waals surface area contributed by atoms with Gasteiger partial charge in [-0.1, -0.05) is 96.1 Å². The highest BCUT2D eigenvalue weighted by Gasteiger charge is 2.34. The van der Waals surface area contributed by atoms with Crippen molar-refractivity contribution in [1.29, 1.82) is 0 Å². The van der Waals surface area contributed by atoms with E-state index in [1.165, 1.54) is 96.7 Å². The van der Waals surface area contributed by atoms with Crippen molar-refractivity contribution in [3.63, 3.8) is 0 Å². The Kier molecular flexibility index (Phi) is 25.7. The third-order valence-electron chi connectivity index (χ3n) is 12.6. The van der Waals surface area contributed by atoms with Crippen molar-refractivity contribution in [3.8, 4) is 22.6 Å². The quantitative estimate of drug-likeness (QED) is 0.0475. The van der Waals surface area contributed by atoms with Crippen molar-refractivity contribution < 1.29 is 59.1 Å². The lowest BCUT2D eigenvalue weighted by Gasteiger charge is -2.30. The summed E-state index contributed by atoms with van der Waals surface area (Å²) < 4.78 is 0. The maximum Gasteiger partial charge on any atom is 0.257 e. The molecule has 2 aromatic rings. The Morgan fingerprint density at radius 1 is 0.757 bits per heavy atom. The molecule has 2 aromatic carbocycles. The van der Waals surface area contributed by atoms with E-state index in [0.29, 0.717) is 24.8 Å². The number of benzene rings is 2. The number of aliphatic hydroxyl groups excluding tert-OH is 3. The van der Waals surface area contributed by atoms with Crippen LogP contribution in [0.15, 0.2) is 36.4 Å². The molecule has 0 saturated carbocycles. The Hall–Kier alpha value is -5.83. The molecule has 1 aliphatic heterocycles. The predicted octanol–water partition coefficient (Wildman–Crippen LogP) is 1.88. The molecular weight excluding hydrogens is 905 g/mol. The molecule has 12 N–H and O–H groups in total. The van der Waals surface area contributed by atoms with E-state index in [9.17, 15) is 59.1 Å². The van der Waals surface area contributed by atoms with Crippen LogP contribution in [0.1, 0.15) is 134 Å². The van der Waals surface area contributed by atoms with Crippen molar-refractivity contribution in [2.45, 2.75) is 159 Å². The number of rotatable bonds is 26. The van der Waals surface area contributed by atoms with Gasteiger partial charge in [-0.2, -0.15) is 0 Å². The number of aryl methyl sites for hydroxylation is 1. The highest BCUT2D eigenvalue weighted by atomic mass is 16.3. The predicted molar refractivity (Wildman–Crippen MR) is 262 cm³/mol. The number of amides is 7. The molecule has 390 valence electrons. The summed E-state index contributed by atoms with van der Waals surface area (Å²) in [7, 11) is 2.63. The van der Waals surface area contributed by atoms with Gasteiger partial charge in [-0.25, -0.2) is 0 Å². The van der Waals surface area contributed by atoms with Crippen molar-refractivity contribution in [3.05, 3.63) is 47.5 Å². The van der Waals surface area contributed by atoms with E-state index in [0.717, 1.165) is 35.5 Å². The molecule has 0 saturated heterocycles. The standard InChI is InChI=1S/C50H78N8O12/c1-5-6-7-8-9-10-11-12-13-14-15-16-17-21-42(64)57(3)39(31-60)48(68)56-45(51)50(70)53-29-43(65)58(4)44-34-23-25-41(63)37(27-34)36-26-33(22-24-40(36)62)19-18-20-38(47(67)52-28-35(61)30-59)55-46(66)32(2)54-49(44)69/h22-27,32,35,38-39,44-45,59-63H,5-21,28-31,51H2,1-4H3,(H,52,67)(H,53,70)(H,54,69)(H,55,66)(H,56,68)/t32-,35?,38-,39+,44-,45-/m0/s1. The van der Waals surface area contributed by atoms with E-state index in [2.05, 4.69) is 33.5 Å². The van der Waals surface area contributed by atoms with Gasteiger partial charge >= 0.3 is 0 Å². The smallest absolute Gasteiger partial charge is 0.257 e. The van der Waals surface area contributed by atoms with Crippen LogP contribution in [0.5, 0.6) is 11.5 Å². The van der Waals surface area contributed by atoms with Gasteiger partial charge in [0.2, 0.25) is 35.4 Å². The lowest BCUT2D eigenvalue weighted by Crippen LogP contribution is -2.59. The highest BCUT2D eigenvalue weighted by molar-refractivity contribution is 5.96. The number of phenolic OH excluding ortho intramolecular Hbond substituents is 2. The van der Waals surface area contributed by atoms with Gasteiger partial charge in [0.05, 0.1) is 25.9 Å². The summed E-state index contributed by atoms with van der Waals surface area (Å²) >= 11 is 0. The monoisotopic (exact) mass is 983 g/mol. The van der Waals surface area contributed by atoms with Crippen LogP contribution in [0.3, 0.4) is 0 Å². The molecule has 1 aliphatic rings. The van der Waals surface area contributed by atoms with Gasteiger partial charge in [-0.15, -0.1) is 0 Å². The van der Waals surface area contributed by atoms with Gasteiger partial charge < -0.3 is 67.7 Å². The van der Waals surface area contributed by atoms with E-state index in [4.69, 9.17) is 5.73 Å². The number of unbranched alkanes of at least 4 members (excludes halogenated alkanes) is 12. The first-order valence-corrected chi connectivity index (χ1v) is 24.7. The van der Waals surface area contributed by atoms with Crippen molar-refractivity contribution in [2.75, 3.05) is 40.4 Å². The number of aromatic hydroxyl groups is 2. The van der Waals surface area contributed by atoms with Gasteiger partial charge in [-0.3, -0.25) is 33.6 Å². The van der Waals surface area contributed by atoms with Crippen LogP contribution < -0.4 is 32.3 Å². The molecule has 4 bridgehead atoms.